The van der Waals surface area contributed by atoms with Crippen LogP contribution >= 0.6 is 0 Å². The van der Waals surface area contributed by atoms with Gasteiger partial charge in [0.25, 0.3) is 0 Å². The first-order chi connectivity index (χ1) is 12.1. The molecule has 0 heterocycles. The van der Waals surface area contributed by atoms with E-state index in [-0.39, 0.29) is 17.0 Å². The molecule has 0 bridgehead atoms. The summed E-state index contributed by atoms with van der Waals surface area (Å²) in [4.78, 5) is 21.1. The summed E-state index contributed by atoms with van der Waals surface area (Å²) in [5.74, 6) is 0.140. The second kappa shape index (κ2) is 18.8. The predicted molar refractivity (Wildman–Crippen MR) is 111 cm³/mol. The van der Waals surface area contributed by atoms with Gasteiger partial charge in [0.15, 0.2) is 0 Å². The van der Waals surface area contributed by atoms with Crippen LogP contribution in [-0.2, 0) is 19.1 Å². The second-order valence-corrected chi connectivity index (χ2v) is 7.24. The van der Waals surface area contributed by atoms with Crippen LogP contribution in [0.1, 0.15) is 94.4 Å². The Morgan fingerprint density at radius 3 is 1.81 bits per heavy atom. The number of unbranched alkanes of at least 4 members (excludes halogenated alkanes) is 1. The van der Waals surface area contributed by atoms with Crippen molar-refractivity contribution < 1.29 is 19.1 Å². The van der Waals surface area contributed by atoms with Crippen molar-refractivity contribution in [2.75, 3.05) is 19.8 Å². The van der Waals surface area contributed by atoms with E-state index in [1.54, 1.807) is 6.92 Å². The summed E-state index contributed by atoms with van der Waals surface area (Å²) in [6, 6.07) is 0. The monoisotopic (exact) mass is 375 g/mol. The van der Waals surface area contributed by atoms with Gasteiger partial charge in [0.1, 0.15) is 5.78 Å². The zero-order valence-corrected chi connectivity index (χ0v) is 18.9. The smallest absolute Gasteiger partial charge is 0.207 e. The Morgan fingerprint density at radius 1 is 0.923 bits per heavy atom. The van der Waals surface area contributed by atoms with Crippen LogP contribution in [0.3, 0.4) is 0 Å². The molecule has 0 radical (unpaired) electrons. The van der Waals surface area contributed by atoms with Crippen molar-refractivity contribution in [3.63, 3.8) is 0 Å². The third-order valence-electron chi connectivity index (χ3n) is 3.60. The zero-order valence-electron chi connectivity index (χ0n) is 18.9. The fourth-order valence-corrected chi connectivity index (χ4v) is 1.62. The average Bonchev–Trinajstić information content (AvgIpc) is 2.56. The van der Waals surface area contributed by atoms with E-state index in [9.17, 15) is 9.59 Å². The Kier molecular flexibility index (Phi) is 21.6. The first-order valence-corrected chi connectivity index (χ1v) is 10.0. The first-order valence-electron chi connectivity index (χ1n) is 10.0. The number of hydrogen-bond acceptors (Lipinski definition) is 4. The van der Waals surface area contributed by atoms with Gasteiger partial charge in [0.2, 0.25) is 6.41 Å². The minimum absolute atomic E-state index is 0.140. The molecule has 0 aromatic rings. The fraction of sp³-hybridized carbons (Fsp3) is 0.905. The Morgan fingerprint density at radius 2 is 1.38 bits per heavy atom. The topological polar surface area (TPSA) is 64.6 Å². The van der Waals surface area contributed by atoms with Gasteiger partial charge in [-0.2, -0.15) is 0 Å². The predicted octanol–water partition coefficient (Wildman–Crippen LogP) is 4.91. The summed E-state index contributed by atoms with van der Waals surface area (Å²) >= 11 is 0. The number of rotatable bonds is 13. The van der Waals surface area contributed by atoms with Crippen LogP contribution in [0.2, 0.25) is 0 Å². The summed E-state index contributed by atoms with van der Waals surface area (Å²) in [6.45, 7) is 19.6. The van der Waals surface area contributed by atoms with Gasteiger partial charge < -0.3 is 14.8 Å². The summed E-state index contributed by atoms with van der Waals surface area (Å²) in [7, 11) is 0. The van der Waals surface area contributed by atoms with Crippen molar-refractivity contribution in [1.29, 1.82) is 0 Å². The lowest BCUT2D eigenvalue weighted by molar-refractivity contribution is -0.120. The van der Waals surface area contributed by atoms with Gasteiger partial charge in [-0.1, -0.05) is 40.5 Å². The fourth-order valence-electron chi connectivity index (χ4n) is 1.62. The molecule has 0 saturated heterocycles. The number of carbonyl (C=O) groups is 2. The summed E-state index contributed by atoms with van der Waals surface area (Å²) < 4.78 is 11.5. The number of nitrogens with one attached hydrogen (secondary N) is 1. The van der Waals surface area contributed by atoms with E-state index < -0.39 is 0 Å². The maximum atomic E-state index is 10.9. The number of ketones is 1. The Hall–Kier alpha value is -0.940. The van der Waals surface area contributed by atoms with Crippen LogP contribution in [0.5, 0.6) is 0 Å². The van der Waals surface area contributed by atoms with Crippen molar-refractivity contribution in [2.24, 2.45) is 0 Å². The maximum Gasteiger partial charge on any atom is 0.207 e. The number of carbonyl (C=O) groups excluding carboxylic acids is 2. The minimum atomic E-state index is -0.299. The van der Waals surface area contributed by atoms with E-state index in [1.807, 2.05) is 41.5 Å². The van der Waals surface area contributed by atoms with Gasteiger partial charge in [-0.3, -0.25) is 9.59 Å². The Labute approximate surface area is 162 Å². The summed E-state index contributed by atoms with van der Waals surface area (Å²) in [5, 5.41) is 2.63. The van der Waals surface area contributed by atoms with Gasteiger partial charge in [0, 0.05) is 13.0 Å². The number of hydrogen-bond donors (Lipinski definition) is 1. The van der Waals surface area contributed by atoms with Crippen molar-refractivity contribution in [1.82, 2.24) is 5.32 Å². The van der Waals surface area contributed by atoms with Crippen LogP contribution in [0.4, 0.5) is 0 Å². The molecule has 0 rings (SSSR count). The second-order valence-electron chi connectivity index (χ2n) is 7.24. The quantitative estimate of drug-likeness (QED) is 0.367. The molecule has 0 fully saturated rings. The minimum Gasteiger partial charge on any atom is -0.375 e. The van der Waals surface area contributed by atoms with Crippen molar-refractivity contribution in [2.45, 2.75) is 106 Å². The van der Waals surface area contributed by atoms with E-state index in [2.05, 4.69) is 19.2 Å². The molecule has 0 spiro atoms. The van der Waals surface area contributed by atoms with Crippen molar-refractivity contribution in [3.8, 4) is 0 Å². The van der Waals surface area contributed by atoms with Crippen molar-refractivity contribution in [3.05, 3.63) is 0 Å². The highest BCUT2D eigenvalue weighted by Crippen LogP contribution is 2.19. The van der Waals surface area contributed by atoms with Crippen LogP contribution in [-0.4, -0.2) is 43.2 Å². The SMILES string of the molecule is CC.CC(=O)CCOC(C)(C)CCOC(C)(C)CCNC=O.CCCC. The van der Waals surface area contributed by atoms with Gasteiger partial charge >= 0.3 is 0 Å². The molecule has 0 aromatic carbocycles. The van der Waals surface area contributed by atoms with E-state index in [0.717, 1.165) is 12.8 Å². The molecular formula is C21H45NO4. The van der Waals surface area contributed by atoms with Crippen LogP contribution < -0.4 is 5.32 Å². The molecule has 5 nitrogen and oxygen atoms in total. The standard InChI is InChI=1S/C15H29NO4.C4H10.C2H6/c1-13(18)6-10-19-15(4,5)8-11-20-14(2,3)7-9-16-12-17;1-3-4-2;1-2/h12H,6-11H2,1-5H3,(H,16,17);3-4H2,1-2H3;1-2H3. The number of Topliss-reactive ketones (excluding diaryl/α,β-unsaturated/α-hetero) is 1. The van der Waals surface area contributed by atoms with Crippen LogP contribution in [0, 0.1) is 0 Å². The lowest BCUT2D eigenvalue weighted by atomic mass is 10.0. The highest BCUT2D eigenvalue weighted by Gasteiger charge is 2.22. The molecule has 1 N–H and O–H groups in total. The molecule has 0 saturated carbocycles. The third kappa shape index (κ3) is 25.3. The highest BCUT2D eigenvalue weighted by molar-refractivity contribution is 5.75. The largest absolute Gasteiger partial charge is 0.375 e. The van der Waals surface area contributed by atoms with Gasteiger partial charge in [-0.15, -0.1) is 0 Å². The average molecular weight is 376 g/mol. The first kappa shape index (κ1) is 29.8. The van der Waals surface area contributed by atoms with E-state index in [1.165, 1.54) is 12.8 Å². The number of amides is 1. The highest BCUT2D eigenvalue weighted by atomic mass is 16.5. The molecular weight excluding hydrogens is 330 g/mol. The lowest BCUT2D eigenvalue weighted by Gasteiger charge is -2.29. The molecule has 0 aliphatic carbocycles. The molecule has 5 heteroatoms. The molecule has 0 atom stereocenters. The summed E-state index contributed by atoms with van der Waals surface area (Å²) in [6.07, 6.45) is 5.31. The van der Waals surface area contributed by atoms with Gasteiger partial charge in [0.05, 0.1) is 24.4 Å². The van der Waals surface area contributed by atoms with Gasteiger partial charge in [-0.25, -0.2) is 0 Å². The molecule has 0 aliphatic heterocycles. The van der Waals surface area contributed by atoms with E-state index >= 15 is 0 Å². The molecule has 1 amide bonds. The maximum absolute atomic E-state index is 10.9. The summed E-state index contributed by atoms with van der Waals surface area (Å²) in [5.41, 5.74) is -0.571. The molecule has 26 heavy (non-hydrogen) atoms. The van der Waals surface area contributed by atoms with Crippen LogP contribution in [0.15, 0.2) is 0 Å². The molecule has 0 aliphatic rings. The zero-order chi connectivity index (χ0) is 21.1. The van der Waals surface area contributed by atoms with Crippen LogP contribution in [0.25, 0.3) is 0 Å². The van der Waals surface area contributed by atoms with E-state index in [4.69, 9.17) is 9.47 Å². The lowest BCUT2D eigenvalue weighted by Crippen LogP contribution is -2.33. The Bertz CT molecular complexity index is 326. The van der Waals surface area contributed by atoms with Gasteiger partial charge in [-0.05, 0) is 47.5 Å². The molecule has 158 valence electrons. The molecule has 0 unspecified atom stereocenters. The number of ether oxygens (including phenoxy) is 2. The Balaban J connectivity index is -0.000000769. The third-order valence-corrected chi connectivity index (χ3v) is 3.60. The van der Waals surface area contributed by atoms with E-state index in [0.29, 0.717) is 32.6 Å². The normalized spacial score (nSPS) is 10.8. The van der Waals surface area contributed by atoms with Crippen molar-refractivity contribution >= 4 is 12.2 Å². The molecule has 0 aromatic heterocycles.